The van der Waals surface area contributed by atoms with E-state index in [9.17, 15) is 25.5 Å². The third-order valence-electron chi connectivity index (χ3n) is 5.34. The van der Waals surface area contributed by atoms with E-state index in [-0.39, 0.29) is 12.4 Å². The molecule has 0 saturated carbocycles. The first-order valence-electron chi connectivity index (χ1n) is 10.4. The molecule has 1 saturated heterocycles. The van der Waals surface area contributed by atoms with Crippen molar-refractivity contribution in [1.29, 1.82) is 0 Å². The molecule has 1 heterocycles. The second-order valence-corrected chi connectivity index (χ2v) is 8.17. The summed E-state index contributed by atoms with van der Waals surface area (Å²) in [5.74, 6) is 0.984. The van der Waals surface area contributed by atoms with Crippen molar-refractivity contribution in [2.45, 2.75) is 63.7 Å². The van der Waals surface area contributed by atoms with Gasteiger partial charge in [0.2, 0.25) is 6.29 Å². The van der Waals surface area contributed by atoms with E-state index in [2.05, 4.69) is 0 Å². The van der Waals surface area contributed by atoms with E-state index in [1.54, 1.807) is 12.1 Å². The Morgan fingerprint density at radius 2 is 1.72 bits per heavy atom. The van der Waals surface area contributed by atoms with Gasteiger partial charge in [-0.15, -0.1) is 0 Å². The summed E-state index contributed by atoms with van der Waals surface area (Å²) in [7, 11) is 0. The second kappa shape index (κ2) is 10.8. The van der Waals surface area contributed by atoms with Crippen LogP contribution in [0.25, 0.3) is 0 Å². The van der Waals surface area contributed by atoms with E-state index >= 15 is 0 Å². The lowest BCUT2D eigenvalue weighted by atomic mass is 9.96. The molecule has 0 spiro atoms. The number of aliphatic hydroxyl groups is 5. The second-order valence-electron chi connectivity index (χ2n) is 7.77. The fraction of sp³-hybridized carbons (Fsp3) is 0.478. The molecule has 0 radical (unpaired) electrons. The summed E-state index contributed by atoms with van der Waals surface area (Å²) in [5.41, 5.74) is 1.98. The molecule has 9 heteroatoms. The van der Waals surface area contributed by atoms with Crippen molar-refractivity contribution in [2.24, 2.45) is 0 Å². The highest BCUT2D eigenvalue weighted by molar-refractivity contribution is 6.31. The van der Waals surface area contributed by atoms with Crippen LogP contribution in [0.1, 0.15) is 30.5 Å². The van der Waals surface area contributed by atoms with Crippen molar-refractivity contribution >= 4 is 11.6 Å². The van der Waals surface area contributed by atoms with Gasteiger partial charge in [0.25, 0.3) is 0 Å². The Morgan fingerprint density at radius 3 is 2.31 bits per heavy atom. The summed E-state index contributed by atoms with van der Waals surface area (Å²) in [5, 5.41) is 50.5. The van der Waals surface area contributed by atoms with E-state index in [1.165, 1.54) is 6.92 Å². The number of aliphatic hydroxyl groups excluding tert-OH is 5. The molecular weight excluding hydrogens is 440 g/mol. The van der Waals surface area contributed by atoms with Crippen molar-refractivity contribution in [2.75, 3.05) is 6.61 Å². The number of hydrogen-bond donors (Lipinski definition) is 5. The Morgan fingerprint density at radius 1 is 1.03 bits per heavy atom. The predicted molar refractivity (Wildman–Crippen MR) is 117 cm³/mol. The van der Waals surface area contributed by atoms with Gasteiger partial charge >= 0.3 is 0 Å². The van der Waals surface area contributed by atoms with Gasteiger partial charge in [-0.2, -0.15) is 0 Å². The molecule has 0 unspecified atom stereocenters. The Kier molecular flexibility index (Phi) is 8.35. The molecule has 0 bridgehead atoms. The fourth-order valence-corrected chi connectivity index (χ4v) is 3.90. The SMILES string of the molecule is CCOc1ccc(Cc2c(Cl)cc(CO)cc2O[C@@H]2O[C@H]([C@@H](C)O)[C@@H](O)[C@H](O)[C@H]2O)cc1. The van der Waals surface area contributed by atoms with E-state index in [0.29, 0.717) is 29.2 Å². The maximum atomic E-state index is 10.4. The molecule has 32 heavy (non-hydrogen) atoms. The minimum absolute atomic E-state index is 0.243. The normalized spacial score (nSPS) is 26.6. The average Bonchev–Trinajstić information content (AvgIpc) is 2.77. The van der Waals surface area contributed by atoms with E-state index in [4.69, 9.17) is 25.8 Å². The molecule has 0 aliphatic carbocycles. The number of halogens is 1. The van der Waals surface area contributed by atoms with Crippen LogP contribution < -0.4 is 9.47 Å². The number of hydrogen-bond acceptors (Lipinski definition) is 8. The van der Waals surface area contributed by atoms with Gasteiger partial charge < -0.3 is 39.7 Å². The van der Waals surface area contributed by atoms with Gasteiger partial charge in [-0.25, -0.2) is 0 Å². The highest BCUT2D eigenvalue weighted by Gasteiger charge is 2.46. The molecular formula is C23H29ClO8. The molecule has 176 valence electrons. The van der Waals surface area contributed by atoms with Crippen LogP contribution >= 0.6 is 11.6 Å². The van der Waals surface area contributed by atoms with Gasteiger partial charge in [-0.05, 0) is 49.2 Å². The molecule has 0 aromatic heterocycles. The number of benzene rings is 2. The standard InChI is InChI=1S/C23H29ClO8/c1-3-30-15-6-4-13(5-7-15)8-16-17(24)9-14(11-25)10-18(16)31-23-21(29)19(27)20(28)22(32-23)12(2)26/h4-7,9-10,12,19-23,25-29H,3,8,11H2,1-2H3/t12-,19+,20+,21-,22-,23-/m1/s1. The molecule has 2 aromatic rings. The monoisotopic (exact) mass is 468 g/mol. The lowest BCUT2D eigenvalue weighted by Crippen LogP contribution is -2.61. The average molecular weight is 469 g/mol. The van der Waals surface area contributed by atoms with Crippen molar-refractivity contribution in [1.82, 2.24) is 0 Å². The van der Waals surface area contributed by atoms with Gasteiger partial charge in [-0.3, -0.25) is 0 Å². The van der Waals surface area contributed by atoms with Crippen LogP contribution in [0.5, 0.6) is 11.5 Å². The molecule has 8 nitrogen and oxygen atoms in total. The van der Waals surface area contributed by atoms with Gasteiger partial charge in [0.1, 0.15) is 35.9 Å². The third-order valence-corrected chi connectivity index (χ3v) is 5.67. The molecule has 5 N–H and O–H groups in total. The fourth-order valence-electron chi connectivity index (χ4n) is 3.60. The zero-order chi connectivity index (χ0) is 23.4. The lowest BCUT2D eigenvalue weighted by molar-refractivity contribution is -0.286. The van der Waals surface area contributed by atoms with Gasteiger partial charge in [0.05, 0.1) is 19.3 Å². The molecule has 0 amide bonds. The van der Waals surface area contributed by atoms with Crippen LogP contribution in [-0.2, 0) is 17.8 Å². The van der Waals surface area contributed by atoms with Crippen LogP contribution in [0.3, 0.4) is 0 Å². The predicted octanol–water partition coefficient (Wildman–Crippen LogP) is 1.39. The van der Waals surface area contributed by atoms with Crippen molar-refractivity contribution in [3.05, 3.63) is 58.1 Å². The lowest BCUT2D eigenvalue weighted by Gasteiger charge is -2.41. The quantitative estimate of drug-likeness (QED) is 0.393. The Hall–Kier alpha value is -1.91. The van der Waals surface area contributed by atoms with Crippen LogP contribution in [-0.4, -0.2) is 68.9 Å². The van der Waals surface area contributed by atoms with Crippen LogP contribution in [0.2, 0.25) is 5.02 Å². The Labute approximate surface area is 191 Å². The van der Waals surface area contributed by atoms with Gasteiger partial charge in [0, 0.05) is 17.0 Å². The minimum Gasteiger partial charge on any atom is -0.494 e. The van der Waals surface area contributed by atoms with E-state index in [1.807, 2.05) is 31.2 Å². The largest absolute Gasteiger partial charge is 0.494 e. The summed E-state index contributed by atoms with van der Waals surface area (Å²) in [6, 6.07) is 10.7. The highest BCUT2D eigenvalue weighted by atomic mass is 35.5. The molecule has 1 aliphatic rings. The molecule has 1 fully saturated rings. The molecule has 3 rings (SSSR count). The number of rotatable bonds is 8. The maximum Gasteiger partial charge on any atom is 0.229 e. The minimum atomic E-state index is -1.58. The smallest absolute Gasteiger partial charge is 0.229 e. The van der Waals surface area contributed by atoms with Crippen molar-refractivity contribution in [3.8, 4) is 11.5 Å². The summed E-state index contributed by atoms with van der Waals surface area (Å²) >= 11 is 6.48. The first kappa shape index (κ1) is 24.7. The van der Waals surface area contributed by atoms with Crippen LogP contribution in [0.15, 0.2) is 36.4 Å². The van der Waals surface area contributed by atoms with E-state index < -0.39 is 36.8 Å². The van der Waals surface area contributed by atoms with Gasteiger partial charge in [0.15, 0.2) is 0 Å². The topological polar surface area (TPSA) is 129 Å². The van der Waals surface area contributed by atoms with Gasteiger partial charge in [-0.1, -0.05) is 23.7 Å². The highest BCUT2D eigenvalue weighted by Crippen LogP contribution is 2.34. The molecule has 2 aromatic carbocycles. The van der Waals surface area contributed by atoms with Crippen molar-refractivity contribution in [3.63, 3.8) is 0 Å². The molecule has 6 atom stereocenters. The van der Waals surface area contributed by atoms with Crippen LogP contribution in [0, 0.1) is 0 Å². The summed E-state index contributed by atoms with van der Waals surface area (Å²) in [6.07, 6.45) is -7.93. The molecule has 1 aliphatic heterocycles. The first-order valence-corrected chi connectivity index (χ1v) is 10.8. The maximum absolute atomic E-state index is 10.4. The third kappa shape index (κ3) is 5.52. The Balaban J connectivity index is 1.90. The zero-order valence-corrected chi connectivity index (χ0v) is 18.6. The number of ether oxygens (including phenoxy) is 3. The first-order chi connectivity index (χ1) is 15.2. The zero-order valence-electron chi connectivity index (χ0n) is 17.9. The van der Waals surface area contributed by atoms with Crippen LogP contribution in [0.4, 0.5) is 0 Å². The Bertz CT molecular complexity index is 888. The summed E-state index contributed by atoms with van der Waals surface area (Å²) in [6.45, 7) is 3.57. The van der Waals surface area contributed by atoms with E-state index in [0.717, 1.165) is 11.3 Å². The van der Waals surface area contributed by atoms with Crippen molar-refractivity contribution < 1.29 is 39.7 Å². The summed E-state index contributed by atoms with van der Waals surface area (Å²) in [4.78, 5) is 0. The summed E-state index contributed by atoms with van der Waals surface area (Å²) < 4.78 is 16.9.